The summed E-state index contributed by atoms with van der Waals surface area (Å²) < 4.78 is 93.9. The van der Waals surface area contributed by atoms with Gasteiger partial charge in [-0.05, 0) is 73.2 Å². The Hall–Kier alpha value is -3.57. The molecule has 2 aromatic carbocycles. The summed E-state index contributed by atoms with van der Waals surface area (Å²) in [6.07, 6.45) is -9.52. The van der Waals surface area contributed by atoms with Crippen molar-refractivity contribution in [2.24, 2.45) is 0 Å². The van der Waals surface area contributed by atoms with E-state index in [1.54, 1.807) is 4.57 Å². The van der Waals surface area contributed by atoms with Crippen LogP contribution >= 0.6 is 0 Å². The van der Waals surface area contributed by atoms with Crippen molar-refractivity contribution >= 4 is 22.8 Å². The molecule has 1 aromatic heterocycles. The number of hydrogen-bond acceptors (Lipinski definition) is 2. The van der Waals surface area contributed by atoms with Crippen LogP contribution in [0, 0.1) is 5.82 Å². The van der Waals surface area contributed by atoms with Crippen LogP contribution in [0.25, 0.3) is 10.9 Å². The van der Waals surface area contributed by atoms with Crippen molar-refractivity contribution in [1.29, 1.82) is 0 Å². The van der Waals surface area contributed by atoms with E-state index in [-0.39, 0.29) is 37.4 Å². The molecule has 5 nitrogen and oxygen atoms in total. The minimum atomic E-state index is -4.97. The molecule has 37 heavy (non-hydrogen) atoms. The maximum absolute atomic E-state index is 13.9. The van der Waals surface area contributed by atoms with E-state index in [0.29, 0.717) is 41.4 Å². The smallest absolute Gasteiger partial charge is 0.416 e. The Morgan fingerprint density at radius 2 is 1.65 bits per heavy atom. The fraction of sp³-hybridized carbons (Fsp3) is 0.360. The number of carbonyl (C=O) groups excluding carboxylic acids is 1. The van der Waals surface area contributed by atoms with Crippen LogP contribution < -0.4 is 5.32 Å². The van der Waals surface area contributed by atoms with E-state index in [0.717, 1.165) is 5.69 Å². The average Bonchev–Trinajstić information content (AvgIpc) is 3.08. The van der Waals surface area contributed by atoms with Gasteiger partial charge in [0.05, 0.1) is 11.1 Å². The molecule has 1 aliphatic rings. The third-order valence-electron chi connectivity index (χ3n) is 6.38. The van der Waals surface area contributed by atoms with Crippen molar-refractivity contribution in [3.63, 3.8) is 0 Å². The largest absolute Gasteiger partial charge is 0.480 e. The van der Waals surface area contributed by atoms with Gasteiger partial charge in [0.15, 0.2) is 0 Å². The Balaban J connectivity index is 1.48. The zero-order valence-electron chi connectivity index (χ0n) is 19.1. The second kappa shape index (κ2) is 9.71. The highest BCUT2D eigenvalue weighted by Crippen LogP contribution is 2.37. The highest BCUT2D eigenvalue weighted by atomic mass is 19.4. The number of benzene rings is 2. The van der Waals surface area contributed by atoms with Crippen LogP contribution in [0.5, 0.6) is 0 Å². The van der Waals surface area contributed by atoms with Crippen LogP contribution in [0.2, 0.25) is 0 Å². The van der Waals surface area contributed by atoms with Crippen molar-refractivity contribution in [1.82, 2.24) is 9.88 Å². The summed E-state index contributed by atoms with van der Waals surface area (Å²) in [7, 11) is 0. The standard InChI is InChI=1S/C25H21F7N2O3/c26-16-2-4-20-18(10-16)19-11-17(3-5-21(19)34(20)12-23(36)37)33-22(35)6-1-13-7-14(24(27,28)29)9-15(8-13)25(30,31)32/h2,4,7-10,17H,1,3,5-6,11-12H2,(H,33,35)(H,36,37)/t17-/m0/s1. The minimum Gasteiger partial charge on any atom is -0.480 e. The van der Waals surface area contributed by atoms with Gasteiger partial charge in [0.25, 0.3) is 0 Å². The SMILES string of the molecule is O=C(O)Cn1c2c(c3cc(F)ccc31)C[C@@H](NC(=O)CCc1cc(C(F)(F)F)cc(C(F)(F)F)c1)CC2. The molecule has 0 saturated heterocycles. The first kappa shape index (κ1) is 26.5. The Bertz CT molecular complexity index is 1330. The van der Waals surface area contributed by atoms with E-state index >= 15 is 0 Å². The monoisotopic (exact) mass is 530 g/mol. The van der Waals surface area contributed by atoms with Gasteiger partial charge >= 0.3 is 18.3 Å². The molecule has 1 aliphatic carbocycles. The lowest BCUT2D eigenvalue weighted by molar-refractivity contribution is -0.143. The topological polar surface area (TPSA) is 71.3 Å². The number of aryl methyl sites for hydroxylation is 1. The lowest BCUT2D eigenvalue weighted by Gasteiger charge is -2.25. The van der Waals surface area contributed by atoms with Gasteiger partial charge < -0.3 is 15.0 Å². The molecule has 0 fully saturated rings. The Morgan fingerprint density at radius 3 is 2.24 bits per heavy atom. The molecule has 12 heteroatoms. The molecule has 0 radical (unpaired) electrons. The fourth-order valence-electron chi connectivity index (χ4n) is 4.78. The first-order valence-electron chi connectivity index (χ1n) is 11.3. The number of fused-ring (bicyclic) bond motifs is 3. The van der Waals surface area contributed by atoms with E-state index < -0.39 is 47.2 Å². The van der Waals surface area contributed by atoms with Gasteiger partial charge in [-0.15, -0.1) is 0 Å². The third kappa shape index (κ3) is 5.89. The number of nitrogens with one attached hydrogen (secondary N) is 1. The van der Waals surface area contributed by atoms with Gasteiger partial charge in [-0.25, -0.2) is 4.39 Å². The average molecular weight is 530 g/mol. The van der Waals surface area contributed by atoms with Crippen LogP contribution in [0.4, 0.5) is 30.7 Å². The lowest BCUT2D eigenvalue weighted by Crippen LogP contribution is -2.39. The normalized spacial score (nSPS) is 16.0. The Morgan fingerprint density at radius 1 is 1.00 bits per heavy atom. The molecule has 3 aromatic rings. The van der Waals surface area contributed by atoms with Gasteiger partial charge in [-0.1, -0.05) is 0 Å². The van der Waals surface area contributed by atoms with Gasteiger partial charge in [0, 0.05) is 29.1 Å². The number of carboxylic acid groups (broad SMARTS) is 1. The van der Waals surface area contributed by atoms with E-state index in [2.05, 4.69) is 5.32 Å². The Labute approximate surface area is 205 Å². The molecule has 198 valence electrons. The maximum atomic E-state index is 13.9. The number of amides is 1. The summed E-state index contributed by atoms with van der Waals surface area (Å²) in [6.45, 7) is -0.314. The quantitative estimate of drug-likeness (QED) is 0.413. The van der Waals surface area contributed by atoms with Crippen molar-refractivity contribution in [2.75, 3.05) is 0 Å². The third-order valence-corrected chi connectivity index (χ3v) is 6.38. The molecular formula is C25H21F7N2O3. The van der Waals surface area contributed by atoms with Crippen molar-refractivity contribution in [3.8, 4) is 0 Å². The molecule has 0 unspecified atom stereocenters. The predicted molar refractivity (Wildman–Crippen MR) is 118 cm³/mol. The van der Waals surface area contributed by atoms with Gasteiger partial charge in [-0.3, -0.25) is 9.59 Å². The number of halogens is 7. The van der Waals surface area contributed by atoms with Crippen LogP contribution in [0.15, 0.2) is 36.4 Å². The zero-order chi connectivity index (χ0) is 27.1. The first-order chi connectivity index (χ1) is 17.2. The molecule has 2 N–H and O–H groups in total. The van der Waals surface area contributed by atoms with E-state index in [1.165, 1.54) is 18.2 Å². The highest BCUT2D eigenvalue weighted by Gasteiger charge is 2.37. The summed E-state index contributed by atoms with van der Waals surface area (Å²) in [5.41, 5.74) is -1.19. The Kier molecular flexibility index (Phi) is 6.95. The fourth-order valence-corrected chi connectivity index (χ4v) is 4.78. The van der Waals surface area contributed by atoms with E-state index in [4.69, 9.17) is 0 Å². The van der Waals surface area contributed by atoms with Crippen molar-refractivity contribution in [2.45, 2.75) is 57.0 Å². The first-order valence-corrected chi connectivity index (χ1v) is 11.3. The number of hydrogen-bond donors (Lipinski definition) is 2. The molecule has 1 atom stereocenters. The van der Waals surface area contributed by atoms with Crippen molar-refractivity contribution < 1.29 is 45.4 Å². The number of carboxylic acids is 1. The van der Waals surface area contributed by atoms with Crippen LogP contribution in [0.3, 0.4) is 0 Å². The maximum Gasteiger partial charge on any atom is 0.416 e. The molecule has 4 rings (SSSR count). The number of alkyl halides is 6. The molecular weight excluding hydrogens is 509 g/mol. The minimum absolute atomic E-state index is 0.0346. The van der Waals surface area contributed by atoms with Gasteiger partial charge in [-0.2, -0.15) is 26.3 Å². The summed E-state index contributed by atoms with van der Waals surface area (Å²) in [5.74, 6) is -2.13. The number of aromatic nitrogens is 1. The lowest BCUT2D eigenvalue weighted by atomic mass is 9.91. The summed E-state index contributed by atoms with van der Waals surface area (Å²) >= 11 is 0. The van der Waals surface area contributed by atoms with E-state index in [1.807, 2.05) is 0 Å². The van der Waals surface area contributed by atoms with Crippen LogP contribution in [-0.4, -0.2) is 27.6 Å². The zero-order valence-corrected chi connectivity index (χ0v) is 19.1. The van der Waals surface area contributed by atoms with E-state index in [9.17, 15) is 45.4 Å². The number of nitrogens with zero attached hydrogens (tertiary/aromatic N) is 1. The highest BCUT2D eigenvalue weighted by molar-refractivity contribution is 5.87. The van der Waals surface area contributed by atoms with Gasteiger partial charge in [0.1, 0.15) is 12.4 Å². The molecule has 1 heterocycles. The summed E-state index contributed by atoms with van der Waals surface area (Å²) in [5, 5.41) is 12.5. The van der Waals surface area contributed by atoms with Crippen molar-refractivity contribution in [3.05, 3.63) is 70.2 Å². The number of rotatable bonds is 6. The predicted octanol–water partition coefficient (Wildman–Crippen LogP) is 5.51. The second-order valence-corrected chi connectivity index (χ2v) is 8.99. The van der Waals surface area contributed by atoms with Crippen LogP contribution in [-0.2, 0) is 47.7 Å². The molecule has 1 amide bonds. The number of carbonyl (C=O) groups is 2. The molecule has 0 saturated carbocycles. The molecule has 0 aliphatic heterocycles. The van der Waals surface area contributed by atoms with Gasteiger partial charge in [0.2, 0.25) is 5.91 Å². The second-order valence-electron chi connectivity index (χ2n) is 8.99. The van der Waals surface area contributed by atoms with Crippen LogP contribution in [0.1, 0.15) is 40.8 Å². The number of aliphatic carboxylic acids is 1. The molecule has 0 spiro atoms. The summed E-state index contributed by atoms with van der Waals surface area (Å²) in [4.78, 5) is 23.9. The summed E-state index contributed by atoms with van der Waals surface area (Å²) in [6, 6.07) is 4.82. The molecule has 0 bridgehead atoms.